The van der Waals surface area contributed by atoms with Crippen molar-refractivity contribution >= 4 is 33.0 Å². The number of rotatable bonds is 3. The Morgan fingerprint density at radius 3 is 2.48 bits per heavy atom. The Morgan fingerprint density at radius 2 is 1.78 bits per heavy atom. The van der Waals surface area contributed by atoms with E-state index < -0.39 is 25.8 Å². The molecule has 0 aliphatic rings. The molecule has 0 atom stereocenters. The largest absolute Gasteiger partial charge is 0.407 e. The van der Waals surface area contributed by atoms with Gasteiger partial charge in [-0.2, -0.15) is 0 Å². The molecule has 9 heteroatoms. The second-order valence-electron chi connectivity index (χ2n) is 4.43. The number of aromatic nitrogens is 2. The Balaban J connectivity index is 2.07. The minimum Gasteiger partial charge on any atom is -0.407 e. The highest BCUT2D eigenvalue weighted by Crippen LogP contribution is 2.31. The maximum Gasteiger partial charge on any atom is 0.340 e. The summed E-state index contributed by atoms with van der Waals surface area (Å²) in [7, 11) is -4.26. The summed E-state index contributed by atoms with van der Waals surface area (Å²) < 4.78 is 43.6. The number of nitrogens with zero attached hydrogens (tertiary/aromatic N) is 2. The second-order valence-corrected chi connectivity index (χ2v) is 7.07. The van der Waals surface area contributed by atoms with Gasteiger partial charge < -0.3 is 4.42 Å². The van der Waals surface area contributed by atoms with Crippen LogP contribution >= 0.6 is 23.2 Å². The van der Waals surface area contributed by atoms with Gasteiger partial charge in [-0.15, -0.1) is 5.10 Å². The molecule has 0 saturated heterocycles. The van der Waals surface area contributed by atoms with Gasteiger partial charge in [-0.1, -0.05) is 40.4 Å². The molecule has 3 aromatic rings. The molecule has 0 saturated carbocycles. The molecule has 0 unspecified atom stereocenters. The zero-order valence-corrected chi connectivity index (χ0v) is 13.5. The molecule has 0 amide bonds. The number of hydrogen-bond acceptors (Lipinski definition) is 5. The van der Waals surface area contributed by atoms with Gasteiger partial charge in [-0.3, -0.25) is 0 Å². The van der Waals surface area contributed by atoms with Crippen molar-refractivity contribution in [1.29, 1.82) is 0 Å². The summed E-state index contributed by atoms with van der Waals surface area (Å²) in [6.07, 6.45) is 0. The van der Waals surface area contributed by atoms with Crippen molar-refractivity contribution in [3.63, 3.8) is 0 Å². The van der Waals surface area contributed by atoms with E-state index in [1.165, 1.54) is 30.3 Å². The van der Waals surface area contributed by atoms with Gasteiger partial charge in [0, 0.05) is 5.02 Å². The first kappa shape index (κ1) is 15.9. The van der Waals surface area contributed by atoms with Crippen LogP contribution in [0.1, 0.15) is 0 Å². The van der Waals surface area contributed by atoms with Crippen LogP contribution in [-0.2, 0) is 9.84 Å². The van der Waals surface area contributed by atoms with Crippen molar-refractivity contribution in [1.82, 2.24) is 10.2 Å². The Morgan fingerprint density at radius 1 is 1.04 bits per heavy atom. The van der Waals surface area contributed by atoms with Crippen LogP contribution in [0.2, 0.25) is 10.0 Å². The zero-order valence-electron chi connectivity index (χ0n) is 11.2. The first-order valence-corrected chi connectivity index (χ1v) is 8.42. The van der Waals surface area contributed by atoms with Crippen LogP contribution < -0.4 is 0 Å². The minimum atomic E-state index is -4.26. The second kappa shape index (κ2) is 5.92. The smallest absolute Gasteiger partial charge is 0.340 e. The fourth-order valence-corrected chi connectivity index (χ4v) is 3.44. The van der Waals surface area contributed by atoms with E-state index in [1.807, 2.05) is 0 Å². The molecule has 118 valence electrons. The van der Waals surface area contributed by atoms with E-state index in [4.69, 9.17) is 27.6 Å². The van der Waals surface area contributed by atoms with E-state index >= 15 is 0 Å². The normalized spacial score (nSPS) is 11.6. The van der Waals surface area contributed by atoms with Crippen LogP contribution in [0.5, 0.6) is 0 Å². The molecule has 0 aliphatic heterocycles. The SMILES string of the molecule is O=S(=O)(c1nnc(-c2ccc(Cl)cc2Cl)o1)c1ccccc1F. The van der Waals surface area contributed by atoms with Crippen LogP contribution in [0.3, 0.4) is 0 Å². The number of hydrogen-bond donors (Lipinski definition) is 0. The summed E-state index contributed by atoms with van der Waals surface area (Å²) in [5.41, 5.74) is 0.318. The predicted molar refractivity (Wildman–Crippen MR) is 81.6 cm³/mol. The molecule has 0 aliphatic carbocycles. The monoisotopic (exact) mass is 372 g/mol. The van der Waals surface area contributed by atoms with Gasteiger partial charge in [0.15, 0.2) is 0 Å². The van der Waals surface area contributed by atoms with Gasteiger partial charge in [0.25, 0.3) is 9.84 Å². The highest BCUT2D eigenvalue weighted by atomic mass is 35.5. The first-order valence-electron chi connectivity index (χ1n) is 6.18. The maximum atomic E-state index is 13.7. The third-order valence-corrected chi connectivity index (χ3v) is 5.01. The van der Waals surface area contributed by atoms with E-state index in [2.05, 4.69) is 10.2 Å². The lowest BCUT2D eigenvalue weighted by molar-refractivity contribution is 0.437. The Bertz CT molecular complexity index is 989. The highest BCUT2D eigenvalue weighted by molar-refractivity contribution is 7.91. The third-order valence-electron chi connectivity index (χ3n) is 2.92. The summed E-state index contributed by atoms with van der Waals surface area (Å²) in [6, 6.07) is 9.41. The van der Waals surface area contributed by atoms with Crippen LogP contribution in [0, 0.1) is 5.82 Å². The van der Waals surface area contributed by atoms with E-state index in [9.17, 15) is 12.8 Å². The summed E-state index contributed by atoms with van der Waals surface area (Å²) in [5.74, 6) is -1.02. The molecule has 23 heavy (non-hydrogen) atoms. The van der Waals surface area contributed by atoms with Gasteiger partial charge in [-0.25, -0.2) is 12.8 Å². The number of benzene rings is 2. The summed E-state index contributed by atoms with van der Waals surface area (Å²) in [4.78, 5) is -0.544. The van der Waals surface area contributed by atoms with Crippen LogP contribution in [0.15, 0.2) is 57.0 Å². The Labute approximate surface area is 140 Å². The number of halogens is 3. The van der Waals surface area contributed by atoms with Gasteiger partial charge in [0.2, 0.25) is 5.89 Å². The molecule has 1 aromatic heterocycles. The molecule has 2 aromatic carbocycles. The van der Waals surface area contributed by atoms with Crippen molar-refractivity contribution in [3.8, 4) is 11.5 Å². The lowest BCUT2D eigenvalue weighted by Gasteiger charge is -2.01. The molecule has 1 heterocycles. The molecular formula is C14H7Cl2FN2O3S. The van der Waals surface area contributed by atoms with Crippen LogP contribution in [-0.4, -0.2) is 18.6 Å². The first-order chi connectivity index (χ1) is 10.9. The zero-order chi connectivity index (χ0) is 16.6. The molecule has 0 fully saturated rings. The van der Waals surface area contributed by atoms with E-state index in [0.717, 1.165) is 12.1 Å². The molecular weight excluding hydrogens is 366 g/mol. The fourth-order valence-electron chi connectivity index (χ4n) is 1.85. The van der Waals surface area contributed by atoms with Crippen LogP contribution in [0.25, 0.3) is 11.5 Å². The van der Waals surface area contributed by atoms with Gasteiger partial charge in [-0.05, 0) is 30.3 Å². The van der Waals surface area contributed by atoms with E-state index in [-0.39, 0.29) is 10.9 Å². The van der Waals surface area contributed by atoms with Gasteiger partial charge in [0.1, 0.15) is 10.7 Å². The van der Waals surface area contributed by atoms with Crippen molar-refractivity contribution in [3.05, 3.63) is 58.3 Å². The van der Waals surface area contributed by atoms with Crippen molar-refractivity contribution in [2.45, 2.75) is 10.1 Å². The standard InChI is InChI=1S/C14H7Cl2FN2O3S/c15-8-5-6-9(10(16)7-8)13-18-19-14(22-13)23(20,21)12-4-2-1-3-11(12)17/h1-7H. The van der Waals surface area contributed by atoms with E-state index in [1.54, 1.807) is 0 Å². The maximum absolute atomic E-state index is 13.7. The fraction of sp³-hybridized carbons (Fsp3) is 0. The quantitative estimate of drug-likeness (QED) is 0.694. The van der Waals surface area contributed by atoms with Gasteiger partial charge >= 0.3 is 5.22 Å². The average molecular weight is 373 g/mol. The molecule has 0 N–H and O–H groups in total. The number of sulfone groups is 1. The third kappa shape index (κ3) is 2.95. The average Bonchev–Trinajstić information content (AvgIpc) is 2.98. The van der Waals surface area contributed by atoms with E-state index in [0.29, 0.717) is 10.6 Å². The lowest BCUT2D eigenvalue weighted by atomic mass is 10.2. The minimum absolute atomic E-state index is 0.110. The lowest BCUT2D eigenvalue weighted by Crippen LogP contribution is -2.04. The predicted octanol–water partition coefficient (Wildman–Crippen LogP) is 4.02. The van der Waals surface area contributed by atoms with Crippen molar-refractivity contribution in [2.75, 3.05) is 0 Å². The molecule has 0 bridgehead atoms. The molecule has 0 spiro atoms. The Kier molecular flexibility index (Phi) is 4.09. The van der Waals surface area contributed by atoms with Gasteiger partial charge in [0.05, 0.1) is 10.6 Å². The topological polar surface area (TPSA) is 73.1 Å². The summed E-state index contributed by atoms with van der Waals surface area (Å²) in [5, 5.41) is 7.04. The van der Waals surface area contributed by atoms with Crippen LogP contribution in [0.4, 0.5) is 4.39 Å². The molecule has 3 rings (SSSR count). The molecule has 0 radical (unpaired) electrons. The Hall–Kier alpha value is -1.96. The highest BCUT2D eigenvalue weighted by Gasteiger charge is 2.28. The van der Waals surface area contributed by atoms with Crippen molar-refractivity contribution < 1.29 is 17.2 Å². The van der Waals surface area contributed by atoms with Crippen molar-refractivity contribution in [2.24, 2.45) is 0 Å². The summed E-state index contributed by atoms with van der Waals surface area (Å²) >= 11 is 11.8. The summed E-state index contributed by atoms with van der Waals surface area (Å²) in [6.45, 7) is 0. The molecule has 5 nitrogen and oxygen atoms in total.